The van der Waals surface area contributed by atoms with Crippen LogP contribution in [0.25, 0.3) is 11.1 Å². The average Bonchev–Trinajstić information content (AvgIpc) is 2.92. The predicted molar refractivity (Wildman–Crippen MR) is 158 cm³/mol. The lowest BCUT2D eigenvalue weighted by Gasteiger charge is -2.44. The number of methoxy groups -OCH3 is 1. The van der Waals surface area contributed by atoms with Crippen LogP contribution in [0, 0.1) is 0 Å². The highest BCUT2D eigenvalue weighted by molar-refractivity contribution is 7.89. The van der Waals surface area contributed by atoms with Gasteiger partial charge < -0.3 is 19.1 Å². The molecule has 1 saturated heterocycles. The second-order valence-corrected chi connectivity index (χ2v) is 14.0. The SMILES string of the molecule is COc1cccc(CS(=O)(=O)Cc2ccc(-c3ccc4c(c3)CCC3(CCN(C(=O)OC(C)(C)C)CC3)O4)cc2)n1. The summed E-state index contributed by atoms with van der Waals surface area (Å²) in [5.74, 6) is 1.10. The van der Waals surface area contributed by atoms with E-state index in [0.29, 0.717) is 24.7 Å². The van der Waals surface area contributed by atoms with Crippen molar-refractivity contribution in [3.63, 3.8) is 0 Å². The lowest BCUT2D eigenvalue weighted by Crippen LogP contribution is -2.52. The smallest absolute Gasteiger partial charge is 0.410 e. The summed E-state index contributed by atoms with van der Waals surface area (Å²) in [5, 5.41) is 0. The fourth-order valence-corrected chi connectivity index (χ4v) is 6.87. The van der Waals surface area contributed by atoms with Gasteiger partial charge in [-0.1, -0.05) is 36.4 Å². The third-order valence-electron chi connectivity index (χ3n) is 7.60. The molecule has 2 aliphatic rings. The van der Waals surface area contributed by atoms with Crippen LogP contribution in [0.3, 0.4) is 0 Å². The van der Waals surface area contributed by atoms with E-state index in [1.54, 1.807) is 23.1 Å². The molecule has 0 atom stereocenters. The third-order valence-corrected chi connectivity index (χ3v) is 9.10. The van der Waals surface area contributed by atoms with Gasteiger partial charge in [0.25, 0.3) is 0 Å². The summed E-state index contributed by atoms with van der Waals surface area (Å²) in [6.07, 6.45) is 3.12. The Labute approximate surface area is 242 Å². The van der Waals surface area contributed by atoms with E-state index in [2.05, 4.69) is 11.1 Å². The van der Waals surface area contributed by atoms with Crippen molar-refractivity contribution in [2.24, 2.45) is 0 Å². The van der Waals surface area contributed by atoms with Crippen LogP contribution in [-0.2, 0) is 32.5 Å². The first-order valence-corrected chi connectivity index (χ1v) is 15.8. The number of ether oxygens (including phenoxy) is 3. The predicted octanol–water partition coefficient (Wildman–Crippen LogP) is 5.97. The molecule has 2 aliphatic heterocycles. The maximum absolute atomic E-state index is 12.8. The van der Waals surface area contributed by atoms with Gasteiger partial charge in [0.15, 0.2) is 9.84 Å². The molecule has 2 aromatic carbocycles. The normalized spacial score (nSPS) is 16.5. The van der Waals surface area contributed by atoms with Gasteiger partial charge in [-0.3, -0.25) is 0 Å². The summed E-state index contributed by atoms with van der Waals surface area (Å²) >= 11 is 0. The van der Waals surface area contributed by atoms with Gasteiger partial charge in [0.1, 0.15) is 17.0 Å². The molecular weight excluding hydrogens is 540 g/mol. The minimum atomic E-state index is -3.40. The molecule has 41 heavy (non-hydrogen) atoms. The largest absolute Gasteiger partial charge is 0.487 e. The number of aryl methyl sites for hydroxylation is 1. The van der Waals surface area contributed by atoms with Crippen LogP contribution in [0.1, 0.15) is 56.9 Å². The summed E-state index contributed by atoms with van der Waals surface area (Å²) in [4.78, 5) is 18.5. The molecule has 5 rings (SSSR count). The van der Waals surface area contributed by atoms with Crippen molar-refractivity contribution in [3.05, 3.63) is 77.5 Å². The van der Waals surface area contributed by atoms with E-state index in [4.69, 9.17) is 14.2 Å². The molecule has 1 fully saturated rings. The molecule has 1 aromatic heterocycles. The molecule has 0 aliphatic carbocycles. The van der Waals surface area contributed by atoms with Crippen LogP contribution in [0.4, 0.5) is 4.79 Å². The Kier molecular flexibility index (Phi) is 8.01. The molecule has 218 valence electrons. The van der Waals surface area contributed by atoms with Gasteiger partial charge in [-0.2, -0.15) is 0 Å². The van der Waals surface area contributed by atoms with Gasteiger partial charge in [-0.25, -0.2) is 18.2 Å². The highest BCUT2D eigenvalue weighted by atomic mass is 32.2. The third kappa shape index (κ3) is 7.19. The number of piperidine rings is 1. The van der Waals surface area contributed by atoms with E-state index in [0.717, 1.165) is 48.1 Å². The fourth-order valence-electron chi connectivity index (χ4n) is 5.45. The Bertz CT molecular complexity index is 1500. The van der Waals surface area contributed by atoms with Crippen LogP contribution in [0.2, 0.25) is 0 Å². The number of benzene rings is 2. The van der Waals surface area contributed by atoms with Crippen molar-refractivity contribution in [3.8, 4) is 22.8 Å². The molecule has 8 nitrogen and oxygen atoms in total. The average molecular weight is 579 g/mol. The first kappa shape index (κ1) is 28.9. The Morgan fingerprint density at radius 2 is 1.68 bits per heavy atom. The summed E-state index contributed by atoms with van der Waals surface area (Å²) in [6, 6.07) is 19.0. The molecule has 3 aromatic rings. The maximum Gasteiger partial charge on any atom is 0.410 e. The minimum Gasteiger partial charge on any atom is -0.487 e. The Morgan fingerprint density at radius 1 is 0.976 bits per heavy atom. The Morgan fingerprint density at radius 3 is 2.37 bits per heavy atom. The molecule has 9 heteroatoms. The fraction of sp³-hybridized carbons (Fsp3) is 0.438. The molecular formula is C32H38N2O6S. The number of pyridine rings is 1. The molecule has 0 saturated carbocycles. The summed E-state index contributed by atoms with van der Waals surface area (Å²) in [5.41, 5.74) is 3.70. The number of sulfone groups is 1. The second kappa shape index (κ2) is 11.4. The van der Waals surface area contributed by atoms with E-state index < -0.39 is 15.4 Å². The van der Waals surface area contributed by atoms with Crippen molar-refractivity contribution in [1.29, 1.82) is 0 Å². The van der Waals surface area contributed by atoms with E-state index in [-0.39, 0.29) is 23.2 Å². The molecule has 0 N–H and O–H groups in total. The number of rotatable bonds is 6. The van der Waals surface area contributed by atoms with Gasteiger partial charge in [-0.15, -0.1) is 0 Å². The maximum atomic E-state index is 12.8. The monoisotopic (exact) mass is 578 g/mol. The van der Waals surface area contributed by atoms with Gasteiger partial charge in [0, 0.05) is 32.0 Å². The topological polar surface area (TPSA) is 95.0 Å². The number of amides is 1. The molecule has 0 unspecified atom stereocenters. The highest BCUT2D eigenvalue weighted by Crippen LogP contribution is 2.41. The standard InChI is InChI=1S/C32H38N2O6S/c1-31(2,3)40-30(35)34-18-16-32(17-19-34)15-14-26-20-25(12-13-28(26)39-32)24-10-8-23(9-11-24)21-41(36,37)22-27-6-5-7-29(33-27)38-4/h5-13,20H,14-19,21-22H2,1-4H3. The van der Waals surface area contributed by atoms with Gasteiger partial charge in [-0.05, 0) is 74.1 Å². The molecule has 3 heterocycles. The molecule has 1 amide bonds. The van der Waals surface area contributed by atoms with E-state index in [1.165, 1.54) is 12.7 Å². The number of fused-ring (bicyclic) bond motifs is 1. The highest BCUT2D eigenvalue weighted by Gasteiger charge is 2.41. The van der Waals surface area contributed by atoms with Crippen LogP contribution >= 0.6 is 0 Å². The van der Waals surface area contributed by atoms with Crippen molar-refractivity contribution < 1.29 is 27.4 Å². The van der Waals surface area contributed by atoms with Crippen molar-refractivity contribution in [2.75, 3.05) is 20.2 Å². The zero-order chi connectivity index (χ0) is 29.3. The van der Waals surface area contributed by atoms with Crippen molar-refractivity contribution in [1.82, 2.24) is 9.88 Å². The molecule has 0 radical (unpaired) electrons. The number of hydrogen-bond donors (Lipinski definition) is 0. The van der Waals surface area contributed by atoms with Crippen LogP contribution in [-0.4, -0.2) is 55.8 Å². The van der Waals surface area contributed by atoms with Crippen LogP contribution in [0.15, 0.2) is 60.7 Å². The second-order valence-electron chi connectivity index (χ2n) is 12.0. The van der Waals surface area contributed by atoms with Gasteiger partial charge >= 0.3 is 6.09 Å². The summed E-state index contributed by atoms with van der Waals surface area (Å²) < 4.78 is 42.8. The first-order chi connectivity index (χ1) is 19.4. The number of nitrogens with zero attached hydrogens (tertiary/aromatic N) is 2. The van der Waals surface area contributed by atoms with Crippen molar-refractivity contribution >= 4 is 15.9 Å². The lowest BCUT2D eigenvalue weighted by atomic mass is 9.82. The van der Waals surface area contributed by atoms with E-state index in [9.17, 15) is 13.2 Å². The first-order valence-electron chi connectivity index (χ1n) is 14.0. The number of likely N-dealkylation sites (tertiary alicyclic amines) is 1. The van der Waals surface area contributed by atoms with E-state index in [1.807, 2.05) is 57.2 Å². The van der Waals surface area contributed by atoms with Crippen LogP contribution in [0.5, 0.6) is 11.6 Å². The van der Waals surface area contributed by atoms with Crippen LogP contribution < -0.4 is 9.47 Å². The minimum absolute atomic E-state index is 0.0579. The zero-order valence-electron chi connectivity index (χ0n) is 24.2. The van der Waals surface area contributed by atoms with E-state index >= 15 is 0 Å². The Hall–Kier alpha value is -3.59. The number of carbonyl (C=O) groups is 1. The Balaban J connectivity index is 1.20. The summed E-state index contributed by atoms with van der Waals surface area (Å²) in [6.45, 7) is 6.90. The zero-order valence-corrected chi connectivity index (χ0v) is 25.0. The summed E-state index contributed by atoms with van der Waals surface area (Å²) in [7, 11) is -1.89. The van der Waals surface area contributed by atoms with Gasteiger partial charge in [0.05, 0.1) is 24.3 Å². The number of carbonyl (C=O) groups excluding carboxylic acids is 1. The molecule has 1 spiro atoms. The lowest BCUT2D eigenvalue weighted by molar-refractivity contribution is -0.0272. The number of hydrogen-bond acceptors (Lipinski definition) is 7. The quantitative estimate of drug-likeness (QED) is 0.356. The van der Waals surface area contributed by atoms with Crippen molar-refractivity contribution in [2.45, 2.75) is 69.2 Å². The van der Waals surface area contributed by atoms with Gasteiger partial charge in [0.2, 0.25) is 5.88 Å². The number of aromatic nitrogens is 1. The molecule has 0 bridgehead atoms.